The van der Waals surface area contributed by atoms with Crippen molar-refractivity contribution in [2.45, 2.75) is 12.5 Å². The van der Waals surface area contributed by atoms with E-state index >= 15 is 0 Å². The van der Waals surface area contributed by atoms with E-state index in [-0.39, 0.29) is 22.5 Å². The van der Waals surface area contributed by atoms with E-state index < -0.39 is 35.8 Å². The number of carbonyl (C=O) groups is 1. The number of allylic oxidation sites excluding steroid dienone is 1. The normalized spacial score (nSPS) is 15.5. The number of amidine groups is 1. The van der Waals surface area contributed by atoms with Crippen LogP contribution in [0.2, 0.25) is 0 Å². The smallest absolute Gasteiger partial charge is 0.315 e. The molecule has 29 heavy (non-hydrogen) atoms. The molecule has 0 aliphatic carbocycles. The molecule has 11 heteroatoms. The van der Waals surface area contributed by atoms with Gasteiger partial charge in [-0.3, -0.25) is 15.6 Å². The number of halogens is 4. The minimum absolute atomic E-state index is 0.0326. The average molecular weight is 406 g/mol. The number of rotatable bonds is 5. The second-order valence-corrected chi connectivity index (χ2v) is 5.95. The van der Waals surface area contributed by atoms with Gasteiger partial charge in [-0.05, 0) is 24.3 Å². The van der Waals surface area contributed by atoms with Crippen molar-refractivity contribution in [3.8, 4) is 0 Å². The second kappa shape index (κ2) is 7.70. The number of aromatic nitrogens is 1. The first-order valence-corrected chi connectivity index (χ1v) is 8.14. The van der Waals surface area contributed by atoms with E-state index in [0.717, 1.165) is 18.3 Å². The van der Waals surface area contributed by atoms with Crippen LogP contribution in [0.3, 0.4) is 0 Å². The molecule has 150 valence electrons. The van der Waals surface area contributed by atoms with Gasteiger partial charge in [0, 0.05) is 29.6 Å². The number of carbonyl (C=O) groups excluding carboxylic acids is 1. The van der Waals surface area contributed by atoms with Crippen molar-refractivity contribution in [3.63, 3.8) is 0 Å². The van der Waals surface area contributed by atoms with Crippen LogP contribution in [0.15, 0.2) is 41.5 Å². The van der Waals surface area contributed by atoms with Gasteiger partial charge in [0.25, 0.3) is 5.91 Å². The lowest BCUT2D eigenvalue weighted by Crippen LogP contribution is -2.39. The standard InChI is InChI=1S/C18H14F4N6O/c19-8-1-2-9(11(20)5-8)15(24)10(6-23)12-3-4-14-26-7-13(28(12)14)17(25)27-18(29)16(21)22/h1-7,13,16,24H,23H2,(H2,25,27,29)/b10-6-,24-15?. The molecule has 1 aromatic carbocycles. The van der Waals surface area contributed by atoms with Gasteiger partial charge >= 0.3 is 6.43 Å². The lowest BCUT2D eigenvalue weighted by molar-refractivity contribution is -0.130. The van der Waals surface area contributed by atoms with Crippen LogP contribution in [0.25, 0.3) is 5.57 Å². The summed E-state index contributed by atoms with van der Waals surface area (Å²) < 4.78 is 53.6. The molecule has 3 rings (SSSR count). The highest BCUT2D eigenvalue weighted by atomic mass is 19.3. The number of benzene rings is 1. The van der Waals surface area contributed by atoms with Crippen LogP contribution < -0.4 is 11.1 Å². The van der Waals surface area contributed by atoms with Crippen molar-refractivity contribution in [1.82, 2.24) is 9.88 Å². The highest BCUT2D eigenvalue weighted by Crippen LogP contribution is 2.33. The number of nitrogens with one attached hydrogen (secondary N) is 3. The van der Waals surface area contributed by atoms with Crippen LogP contribution in [0, 0.1) is 22.5 Å². The van der Waals surface area contributed by atoms with Gasteiger partial charge in [-0.15, -0.1) is 0 Å². The van der Waals surface area contributed by atoms with E-state index in [9.17, 15) is 22.4 Å². The Balaban J connectivity index is 1.96. The molecular weight excluding hydrogens is 392 g/mol. The number of aliphatic imine (C=N–C) groups is 1. The zero-order valence-electron chi connectivity index (χ0n) is 14.6. The van der Waals surface area contributed by atoms with Crippen LogP contribution in [0.4, 0.5) is 23.4 Å². The SMILES string of the molecule is N=C(/C(=C\N)c1ccc2n1C(C(=N)NC(=O)C(F)F)C=N2)c1ccc(F)cc1F. The van der Waals surface area contributed by atoms with Gasteiger partial charge < -0.3 is 15.6 Å². The number of hydrogen-bond acceptors (Lipinski definition) is 5. The van der Waals surface area contributed by atoms with Crippen molar-refractivity contribution in [2.24, 2.45) is 10.7 Å². The Morgan fingerprint density at radius 2 is 1.97 bits per heavy atom. The topological polar surface area (TPSA) is 120 Å². The molecule has 1 aliphatic rings. The highest BCUT2D eigenvalue weighted by molar-refractivity contribution is 6.30. The fourth-order valence-electron chi connectivity index (χ4n) is 2.87. The second-order valence-electron chi connectivity index (χ2n) is 5.95. The quantitative estimate of drug-likeness (QED) is 0.347. The molecule has 1 amide bonds. The number of nitrogens with two attached hydrogens (primary N) is 1. The number of fused-ring (bicyclic) bond motifs is 1. The van der Waals surface area contributed by atoms with Crippen molar-refractivity contribution < 1.29 is 22.4 Å². The van der Waals surface area contributed by atoms with Crippen molar-refractivity contribution in [3.05, 3.63) is 59.4 Å². The van der Waals surface area contributed by atoms with E-state index in [1.54, 1.807) is 5.32 Å². The van der Waals surface area contributed by atoms with Crippen LogP contribution >= 0.6 is 0 Å². The number of alkyl halides is 2. The number of amides is 1. The summed E-state index contributed by atoms with van der Waals surface area (Å²) in [4.78, 5) is 15.2. The summed E-state index contributed by atoms with van der Waals surface area (Å²) in [7, 11) is 0. The average Bonchev–Trinajstić information content (AvgIpc) is 3.25. The molecule has 5 N–H and O–H groups in total. The summed E-state index contributed by atoms with van der Waals surface area (Å²) in [5.74, 6) is -3.66. The molecule has 0 saturated carbocycles. The Bertz CT molecular complexity index is 1070. The van der Waals surface area contributed by atoms with Crippen LogP contribution in [0.1, 0.15) is 17.3 Å². The predicted molar refractivity (Wildman–Crippen MR) is 98.8 cm³/mol. The molecular formula is C18H14F4N6O. The van der Waals surface area contributed by atoms with E-state index in [0.29, 0.717) is 11.9 Å². The molecule has 2 aromatic rings. The van der Waals surface area contributed by atoms with E-state index in [4.69, 9.17) is 16.6 Å². The molecule has 0 spiro atoms. The molecule has 1 atom stereocenters. The number of hydrogen-bond donors (Lipinski definition) is 4. The van der Waals surface area contributed by atoms with E-state index in [1.807, 2.05) is 0 Å². The zero-order valence-corrected chi connectivity index (χ0v) is 14.6. The Labute approximate surface area is 161 Å². The summed E-state index contributed by atoms with van der Waals surface area (Å²) in [6, 6.07) is 4.68. The molecule has 1 unspecified atom stereocenters. The first-order chi connectivity index (χ1) is 13.7. The fourth-order valence-corrected chi connectivity index (χ4v) is 2.87. The molecule has 0 fully saturated rings. The lowest BCUT2D eigenvalue weighted by Gasteiger charge is -2.19. The van der Waals surface area contributed by atoms with Crippen molar-refractivity contribution in [2.75, 3.05) is 0 Å². The monoisotopic (exact) mass is 406 g/mol. The maximum absolute atomic E-state index is 14.1. The Hall–Kier alpha value is -3.76. The summed E-state index contributed by atoms with van der Waals surface area (Å²) >= 11 is 0. The summed E-state index contributed by atoms with van der Waals surface area (Å²) in [6.07, 6.45) is -1.01. The maximum Gasteiger partial charge on any atom is 0.315 e. The largest absolute Gasteiger partial charge is 0.404 e. The van der Waals surface area contributed by atoms with Crippen molar-refractivity contribution >= 4 is 35.1 Å². The third kappa shape index (κ3) is 3.66. The molecule has 7 nitrogen and oxygen atoms in total. The van der Waals surface area contributed by atoms with Crippen LogP contribution in [-0.4, -0.2) is 34.7 Å². The third-order valence-corrected chi connectivity index (χ3v) is 4.19. The molecule has 2 heterocycles. The molecule has 1 aromatic heterocycles. The Kier molecular flexibility index (Phi) is 5.31. The zero-order chi connectivity index (χ0) is 21.3. The summed E-state index contributed by atoms with van der Waals surface area (Å²) in [5, 5.41) is 18.0. The minimum atomic E-state index is -3.30. The van der Waals surface area contributed by atoms with E-state index in [1.165, 1.54) is 22.9 Å². The van der Waals surface area contributed by atoms with E-state index in [2.05, 4.69) is 4.99 Å². The fraction of sp³-hybridized carbons (Fsp3) is 0.111. The summed E-state index contributed by atoms with van der Waals surface area (Å²) in [6.45, 7) is 0. The van der Waals surface area contributed by atoms with Gasteiger partial charge in [-0.2, -0.15) is 8.78 Å². The first kappa shape index (κ1) is 20.0. The Morgan fingerprint density at radius 1 is 1.24 bits per heavy atom. The van der Waals surface area contributed by atoms with Gasteiger partial charge in [0.1, 0.15) is 29.3 Å². The first-order valence-electron chi connectivity index (χ1n) is 8.14. The lowest BCUT2D eigenvalue weighted by atomic mass is 9.99. The van der Waals surface area contributed by atoms with Crippen LogP contribution in [-0.2, 0) is 4.79 Å². The van der Waals surface area contributed by atoms with Gasteiger partial charge in [0.05, 0.1) is 11.4 Å². The molecule has 0 saturated heterocycles. The highest BCUT2D eigenvalue weighted by Gasteiger charge is 2.30. The number of nitrogens with zero attached hydrogens (tertiary/aromatic N) is 2. The van der Waals surface area contributed by atoms with Gasteiger partial charge in [0.15, 0.2) is 0 Å². The van der Waals surface area contributed by atoms with Crippen molar-refractivity contribution in [1.29, 1.82) is 10.8 Å². The Morgan fingerprint density at radius 3 is 2.59 bits per heavy atom. The third-order valence-electron chi connectivity index (χ3n) is 4.19. The molecule has 0 bridgehead atoms. The van der Waals surface area contributed by atoms with Gasteiger partial charge in [-0.1, -0.05) is 0 Å². The van der Waals surface area contributed by atoms with Gasteiger partial charge in [-0.25, -0.2) is 13.8 Å². The van der Waals surface area contributed by atoms with Crippen LogP contribution in [0.5, 0.6) is 0 Å². The predicted octanol–water partition coefficient (Wildman–Crippen LogP) is 2.75. The minimum Gasteiger partial charge on any atom is -0.404 e. The maximum atomic E-state index is 14.1. The molecule has 1 aliphatic heterocycles. The summed E-state index contributed by atoms with van der Waals surface area (Å²) in [5.41, 5.74) is 5.33. The van der Waals surface area contributed by atoms with Gasteiger partial charge in [0.2, 0.25) is 0 Å². The molecule has 0 radical (unpaired) electrons.